The first-order valence-electron chi connectivity index (χ1n) is 7.31. The number of rotatable bonds is 6. The molecule has 0 aliphatic heterocycles. The Morgan fingerprint density at radius 2 is 1.90 bits per heavy atom. The van der Waals surface area contributed by atoms with Crippen molar-refractivity contribution in [2.24, 2.45) is 11.8 Å². The van der Waals surface area contributed by atoms with Gasteiger partial charge in [0.15, 0.2) is 0 Å². The van der Waals surface area contributed by atoms with Gasteiger partial charge in [-0.05, 0) is 32.6 Å². The predicted octanol–water partition coefficient (Wildman–Crippen LogP) is 3.29. The van der Waals surface area contributed by atoms with Crippen LogP contribution in [0.2, 0.25) is 0 Å². The molecule has 0 aliphatic carbocycles. The van der Waals surface area contributed by atoms with Crippen molar-refractivity contribution < 1.29 is 4.55 Å². The minimum Gasteiger partial charge on any atom is -0.598 e. The van der Waals surface area contributed by atoms with Gasteiger partial charge >= 0.3 is 0 Å². The van der Waals surface area contributed by atoms with Gasteiger partial charge in [0.1, 0.15) is 4.75 Å². The van der Waals surface area contributed by atoms with Crippen LogP contribution >= 0.6 is 0 Å². The van der Waals surface area contributed by atoms with Crippen LogP contribution in [-0.4, -0.2) is 18.9 Å². The molecule has 0 fully saturated rings. The first kappa shape index (κ1) is 17.5. The highest BCUT2D eigenvalue weighted by Gasteiger charge is 2.31. The molecule has 0 spiro atoms. The molecule has 0 aliphatic rings. The number of nitrogens with zero attached hydrogens (tertiary/aromatic N) is 2. The molecule has 0 radical (unpaired) electrons. The Morgan fingerprint density at radius 1 is 1.30 bits per heavy atom. The van der Waals surface area contributed by atoms with Crippen LogP contribution in [0.5, 0.6) is 0 Å². The van der Waals surface area contributed by atoms with Crippen LogP contribution in [0.25, 0.3) is 0 Å². The highest BCUT2D eigenvalue weighted by atomic mass is 32.2. The summed E-state index contributed by atoms with van der Waals surface area (Å²) in [4.78, 5) is 4.49. The number of hydrogen-bond acceptors (Lipinski definition) is 3. The van der Waals surface area contributed by atoms with Gasteiger partial charge in [-0.25, -0.2) is 4.98 Å². The van der Waals surface area contributed by atoms with E-state index in [9.17, 15) is 4.55 Å². The second-order valence-electron chi connectivity index (χ2n) is 7.11. The average Bonchev–Trinajstić information content (AvgIpc) is 2.70. The Labute approximate surface area is 126 Å². The minimum absolute atomic E-state index is 0.0171. The largest absolute Gasteiger partial charge is 0.598 e. The lowest BCUT2D eigenvalue weighted by atomic mass is 10.0. The van der Waals surface area contributed by atoms with Crippen LogP contribution < -0.4 is 4.72 Å². The molecule has 2 atom stereocenters. The highest BCUT2D eigenvalue weighted by molar-refractivity contribution is 7.90. The molecular weight excluding hydrogens is 270 g/mol. The van der Waals surface area contributed by atoms with Crippen LogP contribution in [0, 0.1) is 11.8 Å². The van der Waals surface area contributed by atoms with Crippen molar-refractivity contribution in [3.8, 4) is 0 Å². The standard InChI is InChI=1S/C15H29N3OS/c1-11(2)8-18-9-13(16-10-18)14(12(3)4)17-20(19)15(5,6)7/h9-12,14,17H,8H2,1-7H3. The molecule has 5 heteroatoms. The summed E-state index contributed by atoms with van der Waals surface area (Å²) in [7, 11) is 0. The van der Waals surface area contributed by atoms with Crippen LogP contribution in [0.3, 0.4) is 0 Å². The quantitative estimate of drug-likeness (QED) is 0.820. The predicted molar refractivity (Wildman–Crippen MR) is 85.7 cm³/mol. The Balaban J connectivity index is 2.83. The zero-order valence-electron chi connectivity index (χ0n) is 13.8. The summed E-state index contributed by atoms with van der Waals surface area (Å²) in [6.45, 7) is 15.5. The molecule has 1 aromatic heterocycles. The Hall–Kier alpha value is -0.520. The Kier molecular flexibility index (Phi) is 6.10. The fourth-order valence-electron chi connectivity index (χ4n) is 1.89. The smallest absolute Gasteiger partial charge is 0.136 e. The van der Waals surface area contributed by atoms with Crippen molar-refractivity contribution in [3.63, 3.8) is 0 Å². The molecule has 0 amide bonds. The summed E-state index contributed by atoms with van der Waals surface area (Å²) in [5.41, 5.74) is 0.971. The van der Waals surface area contributed by atoms with Crippen molar-refractivity contribution in [2.45, 2.75) is 65.8 Å². The van der Waals surface area contributed by atoms with E-state index in [1.54, 1.807) is 0 Å². The van der Waals surface area contributed by atoms with Crippen molar-refractivity contribution in [2.75, 3.05) is 0 Å². The van der Waals surface area contributed by atoms with Gasteiger partial charge in [-0.3, -0.25) is 0 Å². The summed E-state index contributed by atoms with van der Waals surface area (Å²) in [6.07, 6.45) is 3.93. The van der Waals surface area contributed by atoms with E-state index in [1.165, 1.54) is 0 Å². The third-order valence-electron chi connectivity index (χ3n) is 3.00. The zero-order chi connectivity index (χ0) is 15.5. The van der Waals surface area contributed by atoms with E-state index in [0.29, 0.717) is 11.8 Å². The molecule has 2 unspecified atom stereocenters. The zero-order valence-corrected chi connectivity index (χ0v) is 14.6. The van der Waals surface area contributed by atoms with E-state index in [-0.39, 0.29) is 10.8 Å². The summed E-state index contributed by atoms with van der Waals surface area (Å²) >= 11 is -1.09. The fourth-order valence-corrected chi connectivity index (χ4v) is 2.87. The average molecular weight is 299 g/mol. The number of aromatic nitrogens is 2. The second kappa shape index (κ2) is 6.96. The SMILES string of the molecule is CC(C)Cn1cnc(C(N[S+]([O-])C(C)(C)C)C(C)C)c1. The maximum Gasteiger partial charge on any atom is 0.136 e. The van der Waals surface area contributed by atoms with Gasteiger partial charge in [-0.2, -0.15) is 0 Å². The first-order chi connectivity index (χ1) is 9.11. The lowest BCUT2D eigenvalue weighted by molar-refractivity contribution is 0.444. The van der Waals surface area contributed by atoms with Gasteiger partial charge in [-0.1, -0.05) is 27.7 Å². The molecule has 116 valence electrons. The number of imidazole rings is 1. The van der Waals surface area contributed by atoms with Gasteiger partial charge < -0.3 is 9.12 Å². The highest BCUT2D eigenvalue weighted by Crippen LogP contribution is 2.24. The molecule has 1 heterocycles. The van der Waals surface area contributed by atoms with Crippen LogP contribution in [0.4, 0.5) is 0 Å². The second-order valence-corrected chi connectivity index (χ2v) is 9.11. The molecular formula is C15H29N3OS. The first-order valence-corrected chi connectivity index (χ1v) is 8.46. The molecule has 0 saturated carbocycles. The Bertz CT molecular complexity index is 409. The van der Waals surface area contributed by atoms with Gasteiger partial charge in [0.2, 0.25) is 0 Å². The third-order valence-corrected chi connectivity index (χ3v) is 4.59. The lowest BCUT2D eigenvalue weighted by Gasteiger charge is -2.28. The Morgan fingerprint density at radius 3 is 2.35 bits per heavy atom. The van der Waals surface area contributed by atoms with Gasteiger partial charge in [-0.15, -0.1) is 4.72 Å². The monoisotopic (exact) mass is 299 g/mol. The van der Waals surface area contributed by atoms with E-state index in [2.05, 4.69) is 48.2 Å². The molecule has 4 nitrogen and oxygen atoms in total. The number of hydrogen-bond donors (Lipinski definition) is 1. The van der Waals surface area contributed by atoms with E-state index in [1.807, 2.05) is 27.1 Å². The maximum absolute atomic E-state index is 12.3. The summed E-state index contributed by atoms with van der Waals surface area (Å²) in [6, 6.07) is 0.0171. The minimum atomic E-state index is -1.09. The van der Waals surface area contributed by atoms with Crippen molar-refractivity contribution in [1.29, 1.82) is 0 Å². The van der Waals surface area contributed by atoms with Crippen molar-refractivity contribution >= 4 is 11.4 Å². The molecule has 20 heavy (non-hydrogen) atoms. The maximum atomic E-state index is 12.3. The van der Waals surface area contributed by atoms with Crippen LogP contribution in [0.1, 0.15) is 60.2 Å². The molecule has 0 saturated heterocycles. The van der Waals surface area contributed by atoms with E-state index in [4.69, 9.17) is 0 Å². The normalized spacial score (nSPS) is 15.9. The topological polar surface area (TPSA) is 52.9 Å². The fraction of sp³-hybridized carbons (Fsp3) is 0.800. The molecule has 0 aromatic carbocycles. The summed E-state index contributed by atoms with van der Waals surface area (Å²) in [5.74, 6) is 0.926. The summed E-state index contributed by atoms with van der Waals surface area (Å²) in [5, 5.41) is 0. The summed E-state index contributed by atoms with van der Waals surface area (Å²) < 4.78 is 17.4. The van der Waals surface area contributed by atoms with Crippen LogP contribution in [0.15, 0.2) is 12.5 Å². The van der Waals surface area contributed by atoms with Crippen molar-refractivity contribution in [1.82, 2.24) is 14.3 Å². The van der Waals surface area contributed by atoms with Gasteiger partial charge in [0.25, 0.3) is 0 Å². The van der Waals surface area contributed by atoms with E-state index < -0.39 is 11.4 Å². The molecule has 1 aromatic rings. The van der Waals surface area contributed by atoms with E-state index in [0.717, 1.165) is 12.2 Å². The third kappa shape index (κ3) is 5.11. The molecule has 0 bridgehead atoms. The lowest BCUT2D eigenvalue weighted by Crippen LogP contribution is -2.42. The van der Waals surface area contributed by atoms with Crippen LogP contribution in [-0.2, 0) is 17.9 Å². The van der Waals surface area contributed by atoms with Crippen molar-refractivity contribution in [3.05, 3.63) is 18.2 Å². The van der Waals surface area contributed by atoms with Gasteiger partial charge in [0.05, 0.1) is 18.1 Å². The van der Waals surface area contributed by atoms with Gasteiger partial charge in [0, 0.05) is 24.1 Å². The number of nitrogens with one attached hydrogen (secondary N) is 1. The molecule has 1 rings (SSSR count). The van der Waals surface area contributed by atoms with E-state index >= 15 is 0 Å². The molecule has 1 N–H and O–H groups in total.